The SMILES string of the molecule is COC[C@H](C)OC[C@@H](O)CN1CCN([C@@H](C)c2ccsc2)CC1. The molecule has 0 amide bonds. The third kappa shape index (κ3) is 6.14. The van der Waals surface area contributed by atoms with Crippen LogP contribution in [0.5, 0.6) is 0 Å². The molecule has 23 heavy (non-hydrogen) atoms. The standard InChI is InChI=1S/C17H30N2O3S/c1-14(11-21-3)22-12-17(20)10-18-5-7-19(8-6-18)15(2)16-4-9-23-13-16/h4,9,13-15,17,20H,5-8,10-12H2,1-3H3/t14-,15-,17-/m0/s1. The molecule has 5 nitrogen and oxygen atoms in total. The second-order valence-electron chi connectivity index (χ2n) is 6.32. The third-order valence-corrected chi connectivity index (χ3v) is 5.13. The Morgan fingerprint density at radius 1 is 1.22 bits per heavy atom. The third-order valence-electron chi connectivity index (χ3n) is 4.42. The number of piperazine rings is 1. The van der Waals surface area contributed by atoms with Crippen molar-refractivity contribution in [3.05, 3.63) is 22.4 Å². The topological polar surface area (TPSA) is 45.2 Å². The molecule has 1 fully saturated rings. The first-order chi connectivity index (χ1) is 11.1. The molecule has 0 aliphatic carbocycles. The maximum atomic E-state index is 10.1. The molecular formula is C17H30N2O3S. The van der Waals surface area contributed by atoms with E-state index >= 15 is 0 Å². The fourth-order valence-corrected chi connectivity index (χ4v) is 3.71. The van der Waals surface area contributed by atoms with E-state index in [1.807, 2.05) is 6.92 Å². The lowest BCUT2D eigenvalue weighted by Gasteiger charge is -2.38. The Hall–Kier alpha value is -0.500. The fourth-order valence-electron chi connectivity index (χ4n) is 2.97. The quantitative estimate of drug-likeness (QED) is 0.742. The summed E-state index contributed by atoms with van der Waals surface area (Å²) in [4.78, 5) is 4.84. The highest BCUT2D eigenvalue weighted by molar-refractivity contribution is 7.07. The van der Waals surface area contributed by atoms with Gasteiger partial charge < -0.3 is 14.6 Å². The highest BCUT2D eigenvalue weighted by atomic mass is 32.1. The van der Waals surface area contributed by atoms with Crippen LogP contribution in [0.1, 0.15) is 25.5 Å². The summed E-state index contributed by atoms with van der Waals surface area (Å²) < 4.78 is 10.6. The lowest BCUT2D eigenvalue weighted by molar-refractivity contribution is -0.0435. The summed E-state index contributed by atoms with van der Waals surface area (Å²) in [5.41, 5.74) is 1.41. The molecule has 1 N–H and O–H groups in total. The second kappa shape index (κ2) is 9.71. The first kappa shape index (κ1) is 18.8. The molecule has 1 aromatic rings. The number of methoxy groups -OCH3 is 1. The number of thiophene rings is 1. The van der Waals surface area contributed by atoms with E-state index in [0.717, 1.165) is 26.2 Å². The Morgan fingerprint density at radius 2 is 1.96 bits per heavy atom. The first-order valence-electron chi connectivity index (χ1n) is 8.37. The maximum absolute atomic E-state index is 10.1. The number of rotatable bonds is 9. The van der Waals surface area contributed by atoms with Gasteiger partial charge in [0.2, 0.25) is 0 Å². The molecule has 0 unspecified atom stereocenters. The molecule has 0 aromatic carbocycles. The molecule has 0 spiro atoms. The smallest absolute Gasteiger partial charge is 0.0900 e. The molecule has 2 heterocycles. The Balaban J connectivity index is 1.66. The number of hydrogen-bond donors (Lipinski definition) is 1. The van der Waals surface area contributed by atoms with Crippen LogP contribution in [0, 0.1) is 0 Å². The van der Waals surface area contributed by atoms with Crippen molar-refractivity contribution >= 4 is 11.3 Å². The van der Waals surface area contributed by atoms with Crippen LogP contribution < -0.4 is 0 Å². The predicted molar refractivity (Wildman–Crippen MR) is 94.0 cm³/mol. The molecule has 0 radical (unpaired) electrons. The Morgan fingerprint density at radius 3 is 2.57 bits per heavy atom. The minimum absolute atomic E-state index is 0.0259. The van der Waals surface area contributed by atoms with Gasteiger partial charge in [-0.3, -0.25) is 9.80 Å². The van der Waals surface area contributed by atoms with Gasteiger partial charge in [0.05, 0.1) is 25.4 Å². The summed E-state index contributed by atoms with van der Waals surface area (Å²) >= 11 is 1.76. The molecule has 132 valence electrons. The lowest BCUT2D eigenvalue weighted by Crippen LogP contribution is -2.49. The average molecular weight is 343 g/mol. The van der Waals surface area contributed by atoms with Crippen molar-refractivity contribution in [3.8, 4) is 0 Å². The first-order valence-corrected chi connectivity index (χ1v) is 9.31. The van der Waals surface area contributed by atoms with Gasteiger partial charge in [0, 0.05) is 45.9 Å². The minimum atomic E-state index is -0.435. The Kier molecular flexibility index (Phi) is 7.95. The lowest BCUT2D eigenvalue weighted by atomic mass is 10.1. The number of β-amino-alcohol motifs (C(OH)–C–C–N with tert-alkyl or cyclic N) is 1. The monoisotopic (exact) mass is 342 g/mol. The zero-order chi connectivity index (χ0) is 16.7. The van der Waals surface area contributed by atoms with Gasteiger partial charge in [-0.1, -0.05) is 0 Å². The molecule has 1 aliphatic heterocycles. The average Bonchev–Trinajstić information content (AvgIpc) is 3.08. The molecule has 6 heteroatoms. The highest BCUT2D eigenvalue weighted by Gasteiger charge is 2.23. The van der Waals surface area contributed by atoms with Crippen LogP contribution in [0.15, 0.2) is 16.8 Å². The van der Waals surface area contributed by atoms with E-state index in [1.165, 1.54) is 5.56 Å². The van der Waals surface area contributed by atoms with Gasteiger partial charge >= 0.3 is 0 Å². The van der Waals surface area contributed by atoms with Crippen LogP contribution >= 0.6 is 11.3 Å². The molecule has 1 aliphatic rings. The van der Waals surface area contributed by atoms with Crippen molar-refractivity contribution < 1.29 is 14.6 Å². The number of nitrogens with zero attached hydrogens (tertiary/aromatic N) is 2. The van der Waals surface area contributed by atoms with Crippen LogP contribution in [0.4, 0.5) is 0 Å². The number of ether oxygens (including phenoxy) is 2. The van der Waals surface area contributed by atoms with Crippen molar-refractivity contribution in [2.75, 3.05) is 53.0 Å². The summed E-state index contributed by atoms with van der Waals surface area (Å²) in [5, 5.41) is 14.5. The van der Waals surface area contributed by atoms with E-state index in [0.29, 0.717) is 25.8 Å². The van der Waals surface area contributed by atoms with E-state index in [1.54, 1.807) is 18.4 Å². The van der Waals surface area contributed by atoms with Gasteiger partial charge in [-0.05, 0) is 36.2 Å². The molecule has 0 saturated carbocycles. The fraction of sp³-hybridized carbons (Fsp3) is 0.765. The van der Waals surface area contributed by atoms with Crippen molar-refractivity contribution in [2.45, 2.75) is 32.1 Å². The van der Waals surface area contributed by atoms with Gasteiger partial charge in [-0.15, -0.1) is 0 Å². The van der Waals surface area contributed by atoms with E-state index < -0.39 is 6.10 Å². The van der Waals surface area contributed by atoms with Crippen molar-refractivity contribution in [2.24, 2.45) is 0 Å². The summed E-state index contributed by atoms with van der Waals surface area (Å²) in [6, 6.07) is 2.69. The summed E-state index contributed by atoms with van der Waals surface area (Å²) in [7, 11) is 1.66. The molecule has 1 aromatic heterocycles. The van der Waals surface area contributed by atoms with Crippen LogP contribution in [0.3, 0.4) is 0 Å². The molecule has 0 bridgehead atoms. The normalized spacial score (nSPS) is 21.2. The zero-order valence-corrected chi connectivity index (χ0v) is 15.3. The summed E-state index contributed by atoms with van der Waals surface area (Å²) in [6.45, 7) is 9.94. The molecule has 1 saturated heterocycles. The van der Waals surface area contributed by atoms with Gasteiger partial charge in [0.25, 0.3) is 0 Å². The largest absolute Gasteiger partial charge is 0.389 e. The van der Waals surface area contributed by atoms with E-state index in [4.69, 9.17) is 9.47 Å². The molecule has 3 atom stereocenters. The van der Waals surface area contributed by atoms with Gasteiger partial charge in [-0.2, -0.15) is 11.3 Å². The van der Waals surface area contributed by atoms with Gasteiger partial charge in [0.1, 0.15) is 0 Å². The van der Waals surface area contributed by atoms with E-state index in [2.05, 4.69) is 33.6 Å². The Bertz CT molecular complexity index is 421. The van der Waals surface area contributed by atoms with Crippen molar-refractivity contribution in [3.63, 3.8) is 0 Å². The van der Waals surface area contributed by atoms with E-state index in [-0.39, 0.29) is 6.10 Å². The Labute approximate surface area is 143 Å². The predicted octanol–water partition coefficient (Wildman–Crippen LogP) is 1.84. The van der Waals surface area contributed by atoms with Crippen LogP contribution in [0.2, 0.25) is 0 Å². The summed E-state index contributed by atoms with van der Waals surface area (Å²) in [5.74, 6) is 0. The van der Waals surface area contributed by atoms with Crippen molar-refractivity contribution in [1.29, 1.82) is 0 Å². The van der Waals surface area contributed by atoms with Gasteiger partial charge in [-0.25, -0.2) is 0 Å². The van der Waals surface area contributed by atoms with Gasteiger partial charge in [0.15, 0.2) is 0 Å². The van der Waals surface area contributed by atoms with E-state index in [9.17, 15) is 5.11 Å². The van der Waals surface area contributed by atoms with Crippen LogP contribution in [-0.4, -0.2) is 80.2 Å². The number of hydrogen-bond acceptors (Lipinski definition) is 6. The van der Waals surface area contributed by atoms with Crippen LogP contribution in [-0.2, 0) is 9.47 Å². The summed E-state index contributed by atoms with van der Waals surface area (Å²) in [6.07, 6.45) is -0.409. The second-order valence-corrected chi connectivity index (χ2v) is 7.10. The highest BCUT2D eigenvalue weighted by Crippen LogP contribution is 2.23. The molecular weight excluding hydrogens is 312 g/mol. The minimum Gasteiger partial charge on any atom is -0.389 e. The van der Waals surface area contributed by atoms with Crippen molar-refractivity contribution in [1.82, 2.24) is 9.80 Å². The van der Waals surface area contributed by atoms with Crippen LogP contribution in [0.25, 0.3) is 0 Å². The number of aliphatic hydroxyl groups excluding tert-OH is 1. The maximum Gasteiger partial charge on any atom is 0.0900 e. The number of aliphatic hydroxyl groups is 1. The zero-order valence-electron chi connectivity index (χ0n) is 14.5. The molecule has 2 rings (SSSR count).